The lowest BCUT2D eigenvalue weighted by Crippen LogP contribution is -2.50. The summed E-state index contributed by atoms with van der Waals surface area (Å²) < 4.78 is 0. The third-order valence-corrected chi connectivity index (χ3v) is 4.32. The van der Waals surface area contributed by atoms with Crippen molar-refractivity contribution in [2.75, 3.05) is 13.1 Å². The number of likely N-dealkylation sites (tertiary alicyclic amines) is 1. The molecule has 4 nitrogen and oxygen atoms in total. The van der Waals surface area contributed by atoms with E-state index in [1.54, 1.807) is 0 Å². The Morgan fingerprint density at radius 3 is 2.65 bits per heavy atom. The van der Waals surface area contributed by atoms with Crippen molar-refractivity contribution in [2.45, 2.75) is 57.5 Å². The number of nitrogens with one attached hydrogen (secondary N) is 1. The summed E-state index contributed by atoms with van der Waals surface area (Å²) in [7, 11) is 0. The van der Waals surface area contributed by atoms with Gasteiger partial charge in [-0.1, -0.05) is 26.2 Å². The smallest absolute Gasteiger partial charge is 0.317 e. The molecule has 2 atom stereocenters. The monoisotopic (exact) mass is 239 g/mol. The van der Waals surface area contributed by atoms with Crippen LogP contribution in [-0.4, -0.2) is 36.1 Å². The molecule has 1 saturated heterocycles. The Balaban J connectivity index is 1.86. The first-order chi connectivity index (χ1) is 8.22. The van der Waals surface area contributed by atoms with Gasteiger partial charge in [-0.25, -0.2) is 4.79 Å². The van der Waals surface area contributed by atoms with Crippen molar-refractivity contribution in [3.8, 4) is 0 Å². The minimum Gasteiger partial charge on any atom is -0.335 e. The number of carbonyl (C=O) groups excluding carboxylic acids is 1. The van der Waals surface area contributed by atoms with Gasteiger partial charge >= 0.3 is 6.03 Å². The first-order valence-corrected chi connectivity index (χ1v) is 6.99. The summed E-state index contributed by atoms with van der Waals surface area (Å²) in [5, 5.41) is 3.18. The molecule has 1 aliphatic carbocycles. The molecule has 2 aliphatic rings. The van der Waals surface area contributed by atoms with Crippen LogP contribution in [0.25, 0.3) is 0 Å². The number of carbonyl (C=O) groups is 1. The van der Waals surface area contributed by atoms with E-state index in [0.29, 0.717) is 18.5 Å². The van der Waals surface area contributed by atoms with Crippen molar-refractivity contribution in [2.24, 2.45) is 11.7 Å². The lowest BCUT2D eigenvalue weighted by molar-refractivity contribution is 0.181. The van der Waals surface area contributed by atoms with E-state index in [2.05, 4.69) is 12.2 Å². The molecule has 1 saturated carbocycles. The van der Waals surface area contributed by atoms with Crippen molar-refractivity contribution in [3.63, 3.8) is 0 Å². The summed E-state index contributed by atoms with van der Waals surface area (Å²) in [5.41, 5.74) is 5.76. The molecule has 98 valence electrons. The molecule has 2 fully saturated rings. The van der Waals surface area contributed by atoms with Gasteiger partial charge in [0.25, 0.3) is 0 Å². The lowest BCUT2D eigenvalue weighted by Gasteiger charge is -2.30. The summed E-state index contributed by atoms with van der Waals surface area (Å²) >= 11 is 0. The Bertz CT molecular complexity index is 263. The molecule has 2 rings (SSSR count). The van der Waals surface area contributed by atoms with Crippen molar-refractivity contribution in [1.82, 2.24) is 10.2 Å². The zero-order valence-corrected chi connectivity index (χ0v) is 10.8. The summed E-state index contributed by atoms with van der Waals surface area (Å²) in [6, 6.07) is 0.737. The second-order valence-electron chi connectivity index (χ2n) is 5.55. The minimum absolute atomic E-state index is 0.108. The SMILES string of the molecule is CC1CCN(C(=O)NC2CCCCC2)C1CN. The maximum atomic E-state index is 12.2. The number of rotatable bonds is 2. The first-order valence-electron chi connectivity index (χ1n) is 6.99. The molecule has 0 radical (unpaired) electrons. The van der Waals surface area contributed by atoms with Crippen LogP contribution in [-0.2, 0) is 0 Å². The van der Waals surface area contributed by atoms with Crippen molar-refractivity contribution >= 4 is 6.03 Å². The topological polar surface area (TPSA) is 58.4 Å². The van der Waals surface area contributed by atoms with Gasteiger partial charge in [-0.2, -0.15) is 0 Å². The van der Waals surface area contributed by atoms with Crippen molar-refractivity contribution < 1.29 is 4.79 Å². The molecule has 1 aliphatic heterocycles. The minimum atomic E-state index is 0.108. The fraction of sp³-hybridized carbons (Fsp3) is 0.923. The highest BCUT2D eigenvalue weighted by molar-refractivity contribution is 5.75. The first kappa shape index (κ1) is 12.7. The maximum Gasteiger partial charge on any atom is 0.317 e. The molecule has 0 aromatic carbocycles. The van der Waals surface area contributed by atoms with E-state index >= 15 is 0 Å². The Morgan fingerprint density at radius 2 is 2.00 bits per heavy atom. The Hall–Kier alpha value is -0.770. The molecule has 0 aromatic heterocycles. The van der Waals surface area contributed by atoms with E-state index in [1.807, 2.05) is 4.90 Å². The number of nitrogens with zero attached hydrogens (tertiary/aromatic N) is 1. The normalized spacial score (nSPS) is 30.6. The fourth-order valence-electron chi connectivity index (χ4n) is 3.12. The molecule has 17 heavy (non-hydrogen) atoms. The third-order valence-electron chi connectivity index (χ3n) is 4.32. The quantitative estimate of drug-likeness (QED) is 0.770. The molecule has 3 N–H and O–H groups in total. The van der Waals surface area contributed by atoms with Crippen LogP contribution in [0.2, 0.25) is 0 Å². The van der Waals surface area contributed by atoms with Crippen LogP contribution in [0.15, 0.2) is 0 Å². The average molecular weight is 239 g/mol. The molecule has 2 amide bonds. The zero-order chi connectivity index (χ0) is 12.3. The van der Waals surface area contributed by atoms with Crippen molar-refractivity contribution in [3.05, 3.63) is 0 Å². The van der Waals surface area contributed by atoms with Crippen molar-refractivity contribution in [1.29, 1.82) is 0 Å². The largest absolute Gasteiger partial charge is 0.335 e. The highest BCUT2D eigenvalue weighted by Crippen LogP contribution is 2.24. The number of amides is 2. The molecule has 1 heterocycles. The summed E-state index contributed by atoms with van der Waals surface area (Å²) in [5.74, 6) is 0.539. The van der Waals surface area contributed by atoms with Gasteiger partial charge in [-0.3, -0.25) is 0 Å². The van der Waals surface area contributed by atoms with Gasteiger partial charge in [0.1, 0.15) is 0 Å². The summed E-state index contributed by atoms with van der Waals surface area (Å²) in [4.78, 5) is 14.1. The van der Waals surface area contributed by atoms with Crippen LogP contribution in [0, 0.1) is 5.92 Å². The fourth-order valence-corrected chi connectivity index (χ4v) is 3.12. The second-order valence-corrected chi connectivity index (χ2v) is 5.55. The number of hydrogen-bond donors (Lipinski definition) is 2. The van der Waals surface area contributed by atoms with E-state index in [4.69, 9.17) is 5.73 Å². The molecular formula is C13H25N3O. The van der Waals surface area contributed by atoms with Gasteiger partial charge < -0.3 is 16.0 Å². The predicted octanol–water partition coefficient (Wildman–Crippen LogP) is 1.70. The number of urea groups is 1. The molecule has 0 aromatic rings. The second kappa shape index (κ2) is 5.71. The van der Waals surface area contributed by atoms with Crippen LogP contribution in [0.4, 0.5) is 4.79 Å². The average Bonchev–Trinajstić information content (AvgIpc) is 2.71. The maximum absolute atomic E-state index is 12.2. The molecular weight excluding hydrogens is 214 g/mol. The zero-order valence-electron chi connectivity index (χ0n) is 10.8. The molecule has 0 bridgehead atoms. The molecule has 0 spiro atoms. The van der Waals surface area contributed by atoms with Gasteiger partial charge in [0.15, 0.2) is 0 Å². The van der Waals surface area contributed by atoms with Crippen LogP contribution in [0.1, 0.15) is 45.4 Å². The Labute approximate surface area is 104 Å². The summed E-state index contributed by atoms with van der Waals surface area (Å²) in [6.45, 7) is 3.63. The lowest BCUT2D eigenvalue weighted by atomic mass is 9.96. The van der Waals surface area contributed by atoms with Gasteiger partial charge in [0.2, 0.25) is 0 Å². The Morgan fingerprint density at radius 1 is 1.29 bits per heavy atom. The van der Waals surface area contributed by atoms with E-state index < -0.39 is 0 Å². The van der Waals surface area contributed by atoms with Crippen LogP contribution in [0.5, 0.6) is 0 Å². The van der Waals surface area contributed by atoms with E-state index in [9.17, 15) is 4.79 Å². The number of nitrogens with two attached hydrogens (primary N) is 1. The highest BCUT2D eigenvalue weighted by Gasteiger charge is 2.34. The van der Waals surface area contributed by atoms with Crippen LogP contribution in [0.3, 0.4) is 0 Å². The Kier molecular flexibility index (Phi) is 4.26. The molecule has 2 unspecified atom stereocenters. The third kappa shape index (κ3) is 2.92. The van der Waals surface area contributed by atoms with Gasteiger partial charge in [0, 0.05) is 25.2 Å². The predicted molar refractivity (Wildman–Crippen MR) is 68.7 cm³/mol. The van der Waals surface area contributed by atoms with E-state index in [0.717, 1.165) is 25.8 Å². The van der Waals surface area contributed by atoms with Gasteiger partial charge in [-0.05, 0) is 25.2 Å². The standard InChI is InChI=1S/C13H25N3O/c1-10-7-8-16(12(10)9-14)13(17)15-11-5-3-2-4-6-11/h10-12H,2-9,14H2,1H3,(H,15,17). The highest BCUT2D eigenvalue weighted by atomic mass is 16.2. The van der Waals surface area contributed by atoms with Crippen LogP contribution < -0.4 is 11.1 Å². The number of hydrogen-bond acceptors (Lipinski definition) is 2. The van der Waals surface area contributed by atoms with Gasteiger partial charge in [-0.15, -0.1) is 0 Å². The van der Waals surface area contributed by atoms with Crippen LogP contribution >= 0.6 is 0 Å². The van der Waals surface area contributed by atoms with E-state index in [-0.39, 0.29) is 12.1 Å². The van der Waals surface area contributed by atoms with E-state index in [1.165, 1.54) is 19.3 Å². The molecule has 4 heteroatoms. The summed E-state index contributed by atoms with van der Waals surface area (Å²) in [6.07, 6.45) is 7.19. The van der Waals surface area contributed by atoms with Gasteiger partial charge in [0.05, 0.1) is 0 Å².